The van der Waals surface area contributed by atoms with E-state index in [-0.39, 0.29) is 24.4 Å². The highest BCUT2D eigenvalue weighted by molar-refractivity contribution is 6.33. The standard InChI is InChI=1S/C23H34ClNO3/c1-4-6-7-8-9-10-11-18-12-15-21(24)22(16-18)25-23(28)20(17(3)26)14-13-19(27)5-2/h12,15-16,20H,4-11,13-14H2,1-3H3,(H,25,28). The molecule has 0 aliphatic rings. The van der Waals surface area contributed by atoms with Crippen LogP contribution in [0.2, 0.25) is 5.02 Å². The van der Waals surface area contributed by atoms with E-state index < -0.39 is 11.8 Å². The molecule has 156 valence electrons. The second-order valence-corrected chi connectivity index (χ2v) is 7.82. The molecule has 0 fully saturated rings. The molecule has 5 heteroatoms. The third kappa shape index (κ3) is 9.01. The number of amides is 1. The molecule has 0 radical (unpaired) electrons. The predicted octanol–water partition coefficient (Wildman–Crippen LogP) is 6.15. The number of Topliss-reactive ketones (excluding diaryl/α,β-unsaturated/α-hetero) is 2. The van der Waals surface area contributed by atoms with Crippen LogP contribution in [0.3, 0.4) is 0 Å². The number of rotatable bonds is 14. The summed E-state index contributed by atoms with van der Waals surface area (Å²) in [6, 6.07) is 5.65. The van der Waals surface area contributed by atoms with Gasteiger partial charge in [0.25, 0.3) is 0 Å². The predicted molar refractivity (Wildman–Crippen MR) is 116 cm³/mol. The van der Waals surface area contributed by atoms with Gasteiger partial charge >= 0.3 is 0 Å². The van der Waals surface area contributed by atoms with Crippen molar-refractivity contribution in [3.8, 4) is 0 Å². The van der Waals surface area contributed by atoms with Crippen LogP contribution in [0, 0.1) is 5.92 Å². The Kier molecular flexibility index (Phi) is 11.7. The quantitative estimate of drug-likeness (QED) is 0.297. The Morgan fingerprint density at radius 2 is 1.71 bits per heavy atom. The third-order valence-corrected chi connectivity index (χ3v) is 5.35. The Balaban J connectivity index is 2.66. The van der Waals surface area contributed by atoms with E-state index in [0.717, 1.165) is 18.4 Å². The largest absolute Gasteiger partial charge is 0.324 e. The smallest absolute Gasteiger partial charge is 0.234 e. The maximum atomic E-state index is 12.6. The lowest BCUT2D eigenvalue weighted by Gasteiger charge is -2.15. The minimum absolute atomic E-state index is 0.0537. The summed E-state index contributed by atoms with van der Waals surface area (Å²) in [5.74, 6) is -1.40. The van der Waals surface area contributed by atoms with Gasteiger partial charge in [-0.15, -0.1) is 0 Å². The highest BCUT2D eigenvalue weighted by Crippen LogP contribution is 2.25. The monoisotopic (exact) mass is 407 g/mol. The van der Waals surface area contributed by atoms with Gasteiger partial charge in [0, 0.05) is 12.8 Å². The molecule has 1 atom stereocenters. The van der Waals surface area contributed by atoms with Crippen LogP contribution in [0.15, 0.2) is 18.2 Å². The Hall–Kier alpha value is -1.68. The number of aryl methyl sites for hydroxylation is 1. The first-order valence-electron chi connectivity index (χ1n) is 10.5. The number of hydrogen-bond acceptors (Lipinski definition) is 3. The van der Waals surface area contributed by atoms with Crippen molar-refractivity contribution in [2.45, 2.75) is 85.0 Å². The molecular formula is C23H34ClNO3. The summed E-state index contributed by atoms with van der Waals surface area (Å²) >= 11 is 6.24. The molecule has 0 heterocycles. The van der Waals surface area contributed by atoms with Gasteiger partial charge in [0.1, 0.15) is 11.6 Å². The molecule has 0 spiro atoms. The fourth-order valence-electron chi connectivity index (χ4n) is 3.15. The number of hydrogen-bond donors (Lipinski definition) is 1. The van der Waals surface area contributed by atoms with E-state index in [1.54, 1.807) is 13.0 Å². The van der Waals surface area contributed by atoms with Gasteiger partial charge in [0.2, 0.25) is 5.91 Å². The molecule has 1 N–H and O–H groups in total. The molecule has 0 aliphatic heterocycles. The van der Waals surface area contributed by atoms with E-state index in [9.17, 15) is 14.4 Å². The Morgan fingerprint density at radius 1 is 1.04 bits per heavy atom. The molecule has 0 bridgehead atoms. The maximum Gasteiger partial charge on any atom is 0.234 e. The lowest BCUT2D eigenvalue weighted by molar-refractivity contribution is -0.130. The van der Waals surface area contributed by atoms with Crippen molar-refractivity contribution in [1.29, 1.82) is 0 Å². The van der Waals surface area contributed by atoms with E-state index in [4.69, 9.17) is 11.6 Å². The van der Waals surface area contributed by atoms with Crippen molar-refractivity contribution in [3.05, 3.63) is 28.8 Å². The molecule has 0 saturated heterocycles. The Bertz CT molecular complexity index is 657. The zero-order valence-corrected chi connectivity index (χ0v) is 18.2. The number of benzene rings is 1. The number of carbonyl (C=O) groups excluding carboxylic acids is 3. The zero-order chi connectivity index (χ0) is 20.9. The summed E-state index contributed by atoms with van der Waals surface area (Å²) < 4.78 is 0. The minimum Gasteiger partial charge on any atom is -0.324 e. The van der Waals surface area contributed by atoms with Crippen LogP contribution in [0.1, 0.15) is 84.1 Å². The number of halogens is 1. The lowest BCUT2D eigenvalue weighted by Crippen LogP contribution is -2.29. The number of nitrogens with one attached hydrogen (secondary N) is 1. The molecule has 1 unspecified atom stereocenters. The molecule has 1 rings (SSSR count). The number of carbonyl (C=O) groups is 3. The van der Waals surface area contributed by atoms with Crippen molar-refractivity contribution in [2.75, 3.05) is 5.32 Å². The fraction of sp³-hybridized carbons (Fsp3) is 0.609. The normalized spacial score (nSPS) is 11.9. The highest BCUT2D eigenvalue weighted by atomic mass is 35.5. The van der Waals surface area contributed by atoms with Gasteiger partial charge in [-0.3, -0.25) is 14.4 Å². The van der Waals surface area contributed by atoms with Crippen molar-refractivity contribution in [2.24, 2.45) is 5.92 Å². The summed E-state index contributed by atoms with van der Waals surface area (Å²) in [6.07, 6.45) is 9.20. The lowest BCUT2D eigenvalue weighted by atomic mass is 9.96. The Morgan fingerprint density at radius 3 is 2.36 bits per heavy atom. The average molecular weight is 408 g/mol. The minimum atomic E-state index is -0.825. The third-order valence-electron chi connectivity index (χ3n) is 5.02. The summed E-state index contributed by atoms with van der Waals surface area (Å²) in [5, 5.41) is 3.24. The van der Waals surface area contributed by atoms with Gasteiger partial charge in [-0.2, -0.15) is 0 Å². The van der Waals surface area contributed by atoms with Gasteiger partial charge in [0.15, 0.2) is 0 Å². The van der Waals surface area contributed by atoms with Crippen LogP contribution in [0.5, 0.6) is 0 Å². The highest BCUT2D eigenvalue weighted by Gasteiger charge is 2.24. The van der Waals surface area contributed by atoms with Gasteiger partial charge < -0.3 is 5.32 Å². The van der Waals surface area contributed by atoms with Crippen LogP contribution in [0.25, 0.3) is 0 Å². The molecule has 0 aromatic heterocycles. The van der Waals surface area contributed by atoms with Gasteiger partial charge in [0.05, 0.1) is 16.6 Å². The molecule has 1 aromatic carbocycles. The zero-order valence-electron chi connectivity index (χ0n) is 17.5. The van der Waals surface area contributed by atoms with Crippen molar-refractivity contribution in [1.82, 2.24) is 0 Å². The summed E-state index contributed by atoms with van der Waals surface area (Å²) in [5.41, 5.74) is 1.65. The first-order valence-corrected chi connectivity index (χ1v) is 10.9. The van der Waals surface area contributed by atoms with Gasteiger partial charge in [-0.25, -0.2) is 0 Å². The fourth-order valence-corrected chi connectivity index (χ4v) is 3.32. The summed E-state index contributed by atoms with van der Waals surface area (Å²) in [4.78, 5) is 36.0. The first-order chi connectivity index (χ1) is 13.4. The van der Waals surface area contributed by atoms with E-state index >= 15 is 0 Å². The van der Waals surface area contributed by atoms with Crippen LogP contribution in [-0.2, 0) is 20.8 Å². The summed E-state index contributed by atoms with van der Waals surface area (Å²) in [6.45, 7) is 5.37. The molecular weight excluding hydrogens is 374 g/mol. The van der Waals surface area contributed by atoms with Crippen LogP contribution in [-0.4, -0.2) is 17.5 Å². The first kappa shape index (κ1) is 24.4. The molecule has 28 heavy (non-hydrogen) atoms. The number of unbranched alkanes of at least 4 members (excludes halogenated alkanes) is 5. The molecule has 0 aliphatic carbocycles. The van der Waals surface area contributed by atoms with Gasteiger partial charge in [-0.1, -0.05) is 63.6 Å². The van der Waals surface area contributed by atoms with Crippen molar-refractivity contribution in [3.63, 3.8) is 0 Å². The summed E-state index contributed by atoms with van der Waals surface area (Å²) in [7, 11) is 0. The van der Waals surface area contributed by atoms with Crippen LogP contribution in [0.4, 0.5) is 5.69 Å². The van der Waals surface area contributed by atoms with Crippen molar-refractivity contribution < 1.29 is 14.4 Å². The second kappa shape index (κ2) is 13.5. The Labute approximate surface area is 174 Å². The second-order valence-electron chi connectivity index (χ2n) is 7.42. The number of anilines is 1. The molecule has 0 saturated carbocycles. The maximum absolute atomic E-state index is 12.6. The van der Waals surface area contributed by atoms with Gasteiger partial charge in [-0.05, 0) is 43.9 Å². The number of ketones is 2. The average Bonchev–Trinajstić information content (AvgIpc) is 2.66. The SMILES string of the molecule is CCCCCCCCc1ccc(Cl)c(NC(=O)C(CCC(=O)CC)C(C)=O)c1. The topological polar surface area (TPSA) is 63.2 Å². The van der Waals surface area contributed by atoms with Crippen molar-refractivity contribution >= 4 is 34.8 Å². The molecule has 1 aromatic rings. The van der Waals surface area contributed by atoms with E-state index in [1.165, 1.54) is 39.0 Å². The van der Waals surface area contributed by atoms with E-state index in [1.807, 2.05) is 12.1 Å². The van der Waals surface area contributed by atoms with Crippen LogP contribution >= 0.6 is 11.6 Å². The molecule has 4 nitrogen and oxygen atoms in total. The van der Waals surface area contributed by atoms with Crippen LogP contribution < -0.4 is 5.32 Å². The molecule has 1 amide bonds. The van der Waals surface area contributed by atoms with E-state index in [2.05, 4.69) is 12.2 Å². The van der Waals surface area contributed by atoms with E-state index in [0.29, 0.717) is 17.1 Å².